The summed E-state index contributed by atoms with van der Waals surface area (Å²) in [5.74, 6) is -2.42. The molecule has 0 aliphatic carbocycles. The number of carboxylic acid groups (broad SMARTS) is 2. The van der Waals surface area contributed by atoms with E-state index in [0.29, 0.717) is 10.9 Å². The summed E-state index contributed by atoms with van der Waals surface area (Å²) < 4.78 is 0. The lowest BCUT2D eigenvalue weighted by Crippen LogP contribution is -2.05. The third-order valence-electron chi connectivity index (χ3n) is 3.77. The molecule has 2 N–H and O–H groups in total. The van der Waals surface area contributed by atoms with Crippen molar-refractivity contribution in [3.8, 4) is 11.3 Å². The van der Waals surface area contributed by atoms with Crippen LogP contribution in [-0.2, 0) is 0 Å². The molecule has 0 amide bonds. The van der Waals surface area contributed by atoms with E-state index in [0.717, 1.165) is 5.56 Å². The van der Waals surface area contributed by atoms with Crippen molar-refractivity contribution in [1.82, 2.24) is 4.98 Å². The second-order valence-electron chi connectivity index (χ2n) is 5.47. The molecule has 0 fully saturated rings. The van der Waals surface area contributed by atoms with E-state index in [1.54, 1.807) is 18.2 Å². The largest absolute Gasteiger partial charge is 0.478 e. The minimum atomic E-state index is -1.27. The van der Waals surface area contributed by atoms with Crippen LogP contribution in [0.15, 0.2) is 36.4 Å². The second kappa shape index (κ2) is 6.35. The molecule has 3 rings (SSSR count). The molecule has 1 aromatic heterocycles. The lowest BCUT2D eigenvalue weighted by atomic mass is 9.99. The Kier molecular flexibility index (Phi) is 4.37. The molecule has 5 nitrogen and oxygen atoms in total. The average Bonchev–Trinajstić information content (AvgIpc) is 2.55. The van der Waals surface area contributed by atoms with Crippen LogP contribution in [0, 0.1) is 6.92 Å². The van der Waals surface area contributed by atoms with Gasteiger partial charge in [0.1, 0.15) is 0 Å². The van der Waals surface area contributed by atoms with Crippen molar-refractivity contribution in [2.24, 2.45) is 0 Å². The molecule has 2 aromatic carbocycles. The van der Waals surface area contributed by atoms with Gasteiger partial charge in [-0.25, -0.2) is 14.6 Å². The predicted octanol–water partition coefficient (Wildman–Crippen LogP) is 4.91. The highest BCUT2D eigenvalue weighted by molar-refractivity contribution is 6.38. The molecule has 0 unspecified atom stereocenters. The van der Waals surface area contributed by atoms with Crippen molar-refractivity contribution in [1.29, 1.82) is 0 Å². The number of carbonyl (C=O) groups is 2. The molecule has 1 heterocycles. The molecule has 7 heteroatoms. The summed E-state index contributed by atoms with van der Waals surface area (Å²) >= 11 is 12.2. The van der Waals surface area contributed by atoms with Gasteiger partial charge in [-0.2, -0.15) is 0 Å². The Hall–Kier alpha value is -2.63. The lowest BCUT2D eigenvalue weighted by Gasteiger charge is -2.12. The van der Waals surface area contributed by atoms with Crippen LogP contribution in [0.3, 0.4) is 0 Å². The molecule has 0 saturated heterocycles. The number of rotatable bonds is 3. The van der Waals surface area contributed by atoms with Gasteiger partial charge in [0.2, 0.25) is 0 Å². The summed E-state index contributed by atoms with van der Waals surface area (Å²) in [6.07, 6.45) is 0. The highest BCUT2D eigenvalue weighted by Crippen LogP contribution is 2.36. The van der Waals surface area contributed by atoms with Crippen molar-refractivity contribution in [3.63, 3.8) is 0 Å². The first-order valence-electron chi connectivity index (χ1n) is 7.16. The van der Waals surface area contributed by atoms with Gasteiger partial charge in [0.15, 0.2) is 0 Å². The summed E-state index contributed by atoms with van der Waals surface area (Å²) in [5, 5.41) is 19.6. The summed E-state index contributed by atoms with van der Waals surface area (Å²) in [6, 6.07) is 9.33. The van der Waals surface area contributed by atoms with E-state index >= 15 is 0 Å². The maximum Gasteiger partial charge on any atom is 0.337 e. The van der Waals surface area contributed by atoms with E-state index in [1.165, 1.54) is 18.2 Å². The molecule has 0 aliphatic rings. The maximum atomic E-state index is 11.7. The van der Waals surface area contributed by atoms with Gasteiger partial charge in [-0.15, -0.1) is 0 Å². The zero-order valence-electron chi connectivity index (χ0n) is 12.9. The number of aryl methyl sites for hydroxylation is 1. The van der Waals surface area contributed by atoms with Crippen LogP contribution in [0.5, 0.6) is 0 Å². The van der Waals surface area contributed by atoms with Gasteiger partial charge in [-0.3, -0.25) is 0 Å². The first-order chi connectivity index (χ1) is 11.8. The van der Waals surface area contributed by atoms with Gasteiger partial charge in [-0.1, -0.05) is 34.8 Å². The summed E-state index contributed by atoms with van der Waals surface area (Å²) in [6.45, 7) is 1.84. The van der Waals surface area contributed by atoms with Crippen molar-refractivity contribution in [3.05, 3.63) is 63.1 Å². The zero-order chi connectivity index (χ0) is 18.3. The van der Waals surface area contributed by atoms with Crippen LogP contribution < -0.4 is 0 Å². The fourth-order valence-electron chi connectivity index (χ4n) is 2.66. The number of pyridine rings is 1. The number of carboxylic acids is 2. The fourth-order valence-corrected chi connectivity index (χ4v) is 3.15. The van der Waals surface area contributed by atoms with Gasteiger partial charge >= 0.3 is 11.9 Å². The third kappa shape index (κ3) is 3.04. The molecular weight excluding hydrogens is 365 g/mol. The van der Waals surface area contributed by atoms with Crippen LogP contribution in [0.1, 0.15) is 26.3 Å². The van der Waals surface area contributed by atoms with Gasteiger partial charge in [0, 0.05) is 10.9 Å². The number of benzene rings is 2. The van der Waals surface area contributed by atoms with Crippen molar-refractivity contribution < 1.29 is 19.8 Å². The first kappa shape index (κ1) is 17.2. The highest BCUT2D eigenvalue weighted by Gasteiger charge is 2.22. The Morgan fingerprint density at radius 1 is 0.960 bits per heavy atom. The first-order valence-corrected chi connectivity index (χ1v) is 7.91. The number of halogens is 2. The molecule has 0 radical (unpaired) electrons. The van der Waals surface area contributed by atoms with E-state index in [2.05, 4.69) is 4.98 Å². The molecule has 25 heavy (non-hydrogen) atoms. The lowest BCUT2D eigenvalue weighted by molar-refractivity contribution is 0.0688. The van der Waals surface area contributed by atoms with E-state index in [4.69, 9.17) is 23.2 Å². The number of aromatic nitrogens is 1. The number of nitrogens with zero attached hydrogens (tertiary/aromatic N) is 1. The van der Waals surface area contributed by atoms with Crippen LogP contribution in [0.2, 0.25) is 10.0 Å². The van der Waals surface area contributed by atoms with E-state index in [9.17, 15) is 19.8 Å². The quantitative estimate of drug-likeness (QED) is 0.678. The Morgan fingerprint density at radius 2 is 1.64 bits per heavy atom. The normalized spacial score (nSPS) is 10.8. The molecular formula is C18H11Cl2NO4. The maximum absolute atomic E-state index is 11.7. The van der Waals surface area contributed by atoms with Gasteiger partial charge in [0.05, 0.1) is 32.4 Å². The number of hydrogen-bond donors (Lipinski definition) is 2. The molecule has 0 spiro atoms. The zero-order valence-corrected chi connectivity index (χ0v) is 14.4. The van der Waals surface area contributed by atoms with Gasteiger partial charge in [-0.05, 0) is 37.3 Å². The molecule has 0 aliphatic heterocycles. The smallest absolute Gasteiger partial charge is 0.337 e. The topological polar surface area (TPSA) is 87.5 Å². The average molecular weight is 376 g/mol. The third-order valence-corrected chi connectivity index (χ3v) is 4.40. The molecule has 126 valence electrons. The summed E-state index contributed by atoms with van der Waals surface area (Å²) in [5.41, 5.74) is 1.33. The van der Waals surface area contributed by atoms with Crippen LogP contribution in [0.4, 0.5) is 0 Å². The van der Waals surface area contributed by atoms with Crippen molar-refractivity contribution >= 4 is 46.0 Å². The molecule has 0 atom stereocenters. The molecule has 0 bridgehead atoms. The van der Waals surface area contributed by atoms with E-state index < -0.39 is 11.9 Å². The minimum absolute atomic E-state index is 0.00502. The fraction of sp³-hybridized carbons (Fsp3) is 0.0556. The van der Waals surface area contributed by atoms with E-state index in [-0.39, 0.29) is 32.4 Å². The summed E-state index contributed by atoms with van der Waals surface area (Å²) in [4.78, 5) is 27.7. The molecule has 0 saturated carbocycles. The van der Waals surface area contributed by atoms with Crippen LogP contribution in [-0.4, -0.2) is 27.1 Å². The monoisotopic (exact) mass is 375 g/mol. The molecule has 3 aromatic rings. The van der Waals surface area contributed by atoms with Gasteiger partial charge in [0.25, 0.3) is 0 Å². The number of aromatic carboxylic acids is 2. The van der Waals surface area contributed by atoms with Crippen molar-refractivity contribution in [2.45, 2.75) is 6.92 Å². The Balaban J connectivity index is 2.42. The standard InChI is InChI=1S/C18H11Cl2NO4/c1-8-2-5-13-9(6-8)10(17(22)23)7-14(21-13)15-11(19)3-4-12(20)16(15)18(24)25/h2-7H,1H3,(H,22,23)(H,24,25). The second-order valence-corrected chi connectivity index (χ2v) is 6.28. The van der Waals surface area contributed by atoms with Crippen LogP contribution >= 0.6 is 23.2 Å². The summed E-state index contributed by atoms with van der Waals surface area (Å²) in [7, 11) is 0. The van der Waals surface area contributed by atoms with E-state index in [1.807, 2.05) is 6.92 Å². The number of fused-ring (bicyclic) bond motifs is 1. The van der Waals surface area contributed by atoms with Crippen LogP contribution in [0.25, 0.3) is 22.2 Å². The highest BCUT2D eigenvalue weighted by atomic mass is 35.5. The van der Waals surface area contributed by atoms with Gasteiger partial charge < -0.3 is 10.2 Å². The predicted molar refractivity (Wildman–Crippen MR) is 95.9 cm³/mol. The Bertz CT molecular complexity index is 1050. The Morgan fingerprint density at radius 3 is 2.28 bits per heavy atom. The SMILES string of the molecule is Cc1ccc2nc(-c3c(Cl)ccc(Cl)c3C(=O)O)cc(C(=O)O)c2c1. The minimum Gasteiger partial charge on any atom is -0.478 e. The number of hydrogen-bond acceptors (Lipinski definition) is 3. The Labute approximate surface area is 152 Å². The van der Waals surface area contributed by atoms with Crippen molar-refractivity contribution in [2.75, 3.05) is 0 Å².